The Morgan fingerprint density at radius 2 is 1.52 bits per heavy atom. The van der Waals surface area contributed by atoms with E-state index in [1.807, 2.05) is 36.4 Å². The minimum atomic E-state index is 0.0542. The lowest BCUT2D eigenvalue weighted by Crippen LogP contribution is -2.10. The van der Waals surface area contributed by atoms with Gasteiger partial charge in [-0.2, -0.15) is 5.26 Å². The van der Waals surface area contributed by atoms with E-state index in [-0.39, 0.29) is 11.2 Å². The Morgan fingerprint density at radius 3 is 2.07 bits per heavy atom. The largest absolute Gasteiger partial charge is 0.493 e. The average molecular weight is 387 g/mol. The van der Waals surface area contributed by atoms with E-state index in [9.17, 15) is 5.26 Å². The van der Waals surface area contributed by atoms with Crippen LogP contribution < -0.4 is 15.2 Å². The number of aromatic nitrogens is 1. The van der Waals surface area contributed by atoms with Crippen molar-refractivity contribution in [1.82, 2.24) is 4.98 Å². The highest BCUT2D eigenvalue weighted by Crippen LogP contribution is 2.36. The van der Waals surface area contributed by atoms with Gasteiger partial charge in [-0.3, -0.25) is 0 Å². The lowest BCUT2D eigenvalue weighted by molar-refractivity contribution is 0.355. The molecule has 5 nitrogen and oxygen atoms in total. The van der Waals surface area contributed by atoms with Crippen molar-refractivity contribution in [3.8, 4) is 40.0 Å². The van der Waals surface area contributed by atoms with E-state index in [0.29, 0.717) is 22.8 Å². The lowest BCUT2D eigenvalue weighted by atomic mass is 9.86. The molecule has 0 radical (unpaired) electrons. The number of rotatable bonds is 4. The number of ether oxygens (including phenoxy) is 2. The van der Waals surface area contributed by atoms with Crippen molar-refractivity contribution in [3.05, 3.63) is 59.7 Å². The van der Waals surface area contributed by atoms with Crippen LogP contribution in [0.3, 0.4) is 0 Å². The summed E-state index contributed by atoms with van der Waals surface area (Å²) in [5.41, 5.74) is 11.0. The van der Waals surface area contributed by atoms with E-state index in [0.717, 1.165) is 16.7 Å². The molecule has 0 spiro atoms. The summed E-state index contributed by atoms with van der Waals surface area (Å²) in [6, 6.07) is 17.9. The van der Waals surface area contributed by atoms with Gasteiger partial charge in [0, 0.05) is 11.1 Å². The van der Waals surface area contributed by atoms with Crippen LogP contribution in [-0.2, 0) is 5.41 Å². The Kier molecular flexibility index (Phi) is 5.47. The molecular formula is C24H25N3O2. The number of pyridine rings is 1. The fraction of sp³-hybridized carbons (Fsp3) is 0.250. The number of methoxy groups -OCH3 is 2. The van der Waals surface area contributed by atoms with Gasteiger partial charge in [0.1, 0.15) is 17.5 Å². The molecule has 1 aromatic heterocycles. The van der Waals surface area contributed by atoms with Crippen molar-refractivity contribution < 1.29 is 9.47 Å². The molecule has 0 saturated carbocycles. The molecule has 0 aliphatic carbocycles. The van der Waals surface area contributed by atoms with Crippen molar-refractivity contribution in [1.29, 1.82) is 5.26 Å². The number of nitrogens with zero attached hydrogens (tertiary/aromatic N) is 2. The van der Waals surface area contributed by atoms with Crippen LogP contribution in [0.2, 0.25) is 0 Å². The van der Waals surface area contributed by atoms with E-state index >= 15 is 0 Å². The zero-order valence-corrected chi connectivity index (χ0v) is 17.4. The molecule has 3 rings (SSSR count). The van der Waals surface area contributed by atoms with Gasteiger partial charge in [0.05, 0.1) is 19.9 Å². The van der Waals surface area contributed by atoms with E-state index in [1.54, 1.807) is 14.2 Å². The molecule has 1 heterocycles. The summed E-state index contributed by atoms with van der Waals surface area (Å²) in [7, 11) is 3.18. The summed E-state index contributed by atoms with van der Waals surface area (Å²) < 4.78 is 10.7. The van der Waals surface area contributed by atoms with Gasteiger partial charge in [0.25, 0.3) is 0 Å². The molecule has 0 amide bonds. The second-order valence-electron chi connectivity index (χ2n) is 7.82. The number of nitrogen functional groups attached to an aromatic ring is 1. The number of hydrogen-bond donors (Lipinski definition) is 1. The molecule has 0 saturated heterocycles. The summed E-state index contributed by atoms with van der Waals surface area (Å²) in [6.45, 7) is 6.51. The van der Waals surface area contributed by atoms with Crippen LogP contribution >= 0.6 is 0 Å². The molecule has 2 aromatic carbocycles. The third-order valence-electron chi connectivity index (χ3n) is 4.90. The third kappa shape index (κ3) is 4.02. The Hall–Kier alpha value is -3.52. The summed E-state index contributed by atoms with van der Waals surface area (Å²) in [5, 5.41) is 9.65. The topological polar surface area (TPSA) is 81.2 Å². The smallest absolute Gasteiger partial charge is 0.161 e. The fourth-order valence-corrected chi connectivity index (χ4v) is 3.20. The molecule has 0 fully saturated rings. The molecular weight excluding hydrogens is 362 g/mol. The number of anilines is 1. The van der Waals surface area contributed by atoms with E-state index in [4.69, 9.17) is 15.2 Å². The van der Waals surface area contributed by atoms with Crippen molar-refractivity contribution in [2.24, 2.45) is 0 Å². The molecule has 0 aliphatic rings. The minimum absolute atomic E-state index is 0.0542. The summed E-state index contributed by atoms with van der Waals surface area (Å²) >= 11 is 0. The normalized spacial score (nSPS) is 11.0. The first-order valence-corrected chi connectivity index (χ1v) is 9.32. The fourth-order valence-electron chi connectivity index (χ4n) is 3.20. The van der Waals surface area contributed by atoms with Gasteiger partial charge >= 0.3 is 0 Å². The zero-order valence-electron chi connectivity index (χ0n) is 17.4. The highest BCUT2D eigenvalue weighted by molar-refractivity contribution is 5.80. The molecule has 2 N–H and O–H groups in total. The first kappa shape index (κ1) is 20.2. The molecule has 148 valence electrons. The maximum Gasteiger partial charge on any atom is 0.161 e. The average Bonchev–Trinajstić information content (AvgIpc) is 2.72. The van der Waals surface area contributed by atoms with Gasteiger partial charge in [-0.05, 0) is 40.8 Å². The van der Waals surface area contributed by atoms with Crippen LogP contribution in [0.1, 0.15) is 31.9 Å². The molecule has 0 atom stereocenters. The maximum atomic E-state index is 9.65. The van der Waals surface area contributed by atoms with Crippen molar-refractivity contribution >= 4 is 5.82 Å². The van der Waals surface area contributed by atoms with E-state index < -0.39 is 0 Å². The van der Waals surface area contributed by atoms with Crippen LogP contribution in [0, 0.1) is 11.3 Å². The molecule has 29 heavy (non-hydrogen) atoms. The Labute approximate surface area is 171 Å². The van der Waals surface area contributed by atoms with E-state index in [2.05, 4.69) is 44.0 Å². The Bertz CT molecular complexity index is 1080. The Morgan fingerprint density at radius 1 is 0.897 bits per heavy atom. The first-order valence-electron chi connectivity index (χ1n) is 9.32. The number of nitriles is 1. The number of nitrogens with two attached hydrogens (primary N) is 1. The second kappa shape index (κ2) is 7.84. The quantitative estimate of drug-likeness (QED) is 0.667. The molecule has 0 bridgehead atoms. The van der Waals surface area contributed by atoms with Crippen LogP contribution in [-0.4, -0.2) is 19.2 Å². The molecule has 5 heteroatoms. The molecule has 3 aromatic rings. The van der Waals surface area contributed by atoms with Gasteiger partial charge in [-0.1, -0.05) is 45.0 Å². The Balaban J connectivity index is 2.14. The lowest BCUT2D eigenvalue weighted by Gasteiger charge is -2.19. The summed E-state index contributed by atoms with van der Waals surface area (Å²) in [5.74, 6) is 1.44. The predicted molar refractivity (Wildman–Crippen MR) is 116 cm³/mol. The predicted octanol–water partition coefficient (Wildman–Crippen LogP) is 5.18. The SMILES string of the molecule is COc1ccc(-c2cc(-c3ccc(C(C)(C)C)cc3)c(C#N)c(N)n2)cc1OC. The van der Waals surface area contributed by atoms with Crippen molar-refractivity contribution in [2.75, 3.05) is 20.0 Å². The van der Waals surface area contributed by atoms with Gasteiger partial charge in [0.2, 0.25) is 0 Å². The second-order valence-corrected chi connectivity index (χ2v) is 7.82. The van der Waals surface area contributed by atoms with Crippen LogP contribution in [0.15, 0.2) is 48.5 Å². The van der Waals surface area contributed by atoms with Crippen LogP contribution in [0.5, 0.6) is 11.5 Å². The first-order chi connectivity index (χ1) is 13.8. The monoisotopic (exact) mass is 387 g/mol. The van der Waals surface area contributed by atoms with Crippen LogP contribution in [0.25, 0.3) is 22.4 Å². The summed E-state index contributed by atoms with van der Waals surface area (Å²) in [4.78, 5) is 4.45. The van der Waals surface area contributed by atoms with Gasteiger partial charge in [0.15, 0.2) is 11.5 Å². The minimum Gasteiger partial charge on any atom is -0.493 e. The number of hydrogen-bond acceptors (Lipinski definition) is 5. The molecule has 0 aliphatic heterocycles. The molecule has 0 unspecified atom stereocenters. The van der Waals surface area contributed by atoms with Crippen molar-refractivity contribution in [2.45, 2.75) is 26.2 Å². The van der Waals surface area contributed by atoms with Crippen LogP contribution in [0.4, 0.5) is 5.82 Å². The third-order valence-corrected chi connectivity index (χ3v) is 4.90. The highest BCUT2D eigenvalue weighted by atomic mass is 16.5. The van der Waals surface area contributed by atoms with E-state index in [1.165, 1.54) is 5.56 Å². The maximum absolute atomic E-state index is 9.65. The zero-order chi connectivity index (χ0) is 21.2. The summed E-state index contributed by atoms with van der Waals surface area (Å²) in [6.07, 6.45) is 0. The van der Waals surface area contributed by atoms with Gasteiger partial charge in [-0.15, -0.1) is 0 Å². The van der Waals surface area contributed by atoms with Gasteiger partial charge in [-0.25, -0.2) is 4.98 Å². The standard InChI is InChI=1S/C24H25N3O2/c1-24(2,3)17-9-6-15(7-10-17)18-13-20(27-23(26)19(18)14-25)16-8-11-21(28-4)22(12-16)29-5/h6-13H,1-5H3,(H2,26,27). The highest BCUT2D eigenvalue weighted by Gasteiger charge is 2.17. The van der Waals surface area contributed by atoms with Crippen molar-refractivity contribution in [3.63, 3.8) is 0 Å². The number of benzene rings is 2. The van der Waals surface area contributed by atoms with Gasteiger partial charge < -0.3 is 15.2 Å².